The third-order valence-electron chi connectivity index (χ3n) is 4.36. The minimum absolute atomic E-state index is 0.235. The van der Waals surface area contributed by atoms with Crippen LogP contribution in [0.4, 0.5) is 4.79 Å². The summed E-state index contributed by atoms with van der Waals surface area (Å²) in [4.78, 5) is 22.7. The molecule has 0 fully saturated rings. The third-order valence-corrected chi connectivity index (χ3v) is 4.64. The molecule has 3 amide bonds. The fourth-order valence-electron chi connectivity index (χ4n) is 2.94. The first kappa shape index (κ1) is 21.7. The number of benzene rings is 3. The van der Waals surface area contributed by atoms with Gasteiger partial charge in [0.15, 0.2) is 11.5 Å². The van der Waals surface area contributed by atoms with Gasteiger partial charge >= 0.3 is 6.03 Å². The lowest BCUT2D eigenvalue weighted by atomic mass is 10.1. The lowest BCUT2D eigenvalue weighted by Crippen LogP contribution is -2.35. The van der Waals surface area contributed by atoms with E-state index in [1.165, 1.54) is 19.3 Å². The van der Waals surface area contributed by atoms with Crippen molar-refractivity contribution in [3.05, 3.63) is 76.3 Å². The lowest BCUT2D eigenvalue weighted by molar-refractivity contribution is -0.115. The summed E-state index contributed by atoms with van der Waals surface area (Å²) in [6, 6.07) is 17.8. The second kappa shape index (κ2) is 9.65. The molecule has 0 bridgehead atoms. The summed E-state index contributed by atoms with van der Waals surface area (Å²) in [5, 5.41) is 13.5. The molecular formula is C23H18ClN3O4. The molecule has 7 nitrogen and oxygen atoms in total. The number of halogens is 1. The summed E-state index contributed by atoms with van der Waals surface area (Å²) in [7, 11) is 1.45. The smallest absolute Gasteiger partial charge is 0.319 e. The normalized spacial score (nSPS) is 10.9. The van der Waals surface area contributed by atoms with Crippen molar-refractivity contribution in [2.24, 2.45) is 5.73 Å². The highest BCUT2D eigenvalue weighted by Crippen LogP contribution is 2.37. The van der Waals surface area contributed by atoms with Crippen LogP contribution in [0.15, 0.2) is 60.2 Å². The molecule has 156 valence electrons. The van der Waals surface area contributed by atoms with E-state index in [9.17, 15) is 14.9 Å². The number of nitrogens with two attached hydrogens (primary N) is 1. The van der Waals surface area contributed by atoms with Crippen molar-refractivity contribution in [2.75, 3.05) is 7.11 Å². The Hall–Kier alpha value is -4.02. The zero-order valence-electron chi connectivity index (χ0n) is 16.5. The maximum atomic E-state index is 11.9. The van der Waals surface area contributed by atoms with E-state index < -0.39 is 11.9 Å². The van der Waals surface area contributed by atoms with E-state index in [1.54, 1.807) is 12.1 Å². The monoisotopic (exact) mass is 435 g/mol. The topological polar surface area (TPSA) is 114 Å². The highest BCUT2D eigenvalue weighted by Gasteiger charge is 2.15. The first-order valence-electron chi connectivity index (χ1n) is 9.12. The molecule has 0 aliphatic rings. The van der Waals surface area contributed by atoms with Crippen molar-refractivity contribution in [3.63, 3.8) is 0 Å². The molecule has 0 aliphatic heterocycles. The summed E-state index contributed by atoms with van der Waals surface area (Å²) in [5.41, 5.74) is 5.97. The molecule has 0 aromatic heterocycles. The first-order chi connectivity index (χ1) is 14.9. The second-order valence-corrected chi connectivity index (χ2v) is 6.90. The molecule has 31 heavy (non-hydrogen) atoms. The number of nitrogens with one attached hydrogen (secondary N) is 1. The average Bonchev–Trinajstić information content (AvgIpc) is 2.75. The van der Waals surface area contributed by atoms with Crippen LogP contribution in [0.25, 0.3) is 16.8 Å². The predicted molar refractivity (Wildman–Crippen MR) is 118 cm³/mol. The van der Waals surface area contributed by atoms with Crippen LogP contribution in [0.3, 0.4) is 0 Å². The molecule has 0 radical (unpaired) electrons. The lowest BCUT2D eigenvalue weighted by Gasteiger charge is -2.14. The summed E-state index contributed by atoms with van der Waals surface area (Å²) >= 11 is 6.37. The van der Waals surface area contributed by atoms with Crippen molar-refractivity contribution in [3.8, 4) is 17.6 Å². The fraction of sp³-hybridized carbons (Fsp3) is 0.0870. The molecule has 0 spiro atoms. The van der Waals surface area contributed by atoms with E-state index in [4.69, 9.17) is 26.8 Å². The molecule has 3 rings (SSSR count). The quantitative estimate of drug-likeness (QED) is 0.445. The Morgan fingerprint density at radius 1 is 1.16 bits per heavy atom. The van der Waals surface area contributed by atoms with E-state index in [-0.39, 0.29) is 17.2 Å². The Labute approximate surface area is 183 Å². The van der Waals surface area contributed by atoms with Crippen molar-refractivity contribution in [1.29, 1.82) is 5.26 Å². The summed E-state index contributed by atoms with van der Waals surface area (Å²) < 4.78 is 11.3. The van der Waals surface area contributed by atoms with Gasteiger partial charge in [0.2, 0.25) is 0 Å². The van der Waals surface area contributed by atoms with Gasteiger partial charge in [-0.15, -0.1) is 0 Å². The Balaban J connectivity index is 1.84. The number of nitrogens with zero attached hydrogens (tertiary/aromatic N) is 1. The highest BCUT2D eigenvalue weighted by molar-refractivity contribution is 6.32. The zero-order valence-corrected chi connectivity index (χ0v) is 17.3. The molecule has 0 heterocycles. The van der Waals surface area contributed by atoms with Crippen molar-refractivity contribution in [1.82, 2.24) is 5.32 Å². The van der Waals surface area contributed by atoms with Gasteiger partial charge < -0.3 is 15.2 Å². The van der Waals surface area contributed by atoms with E-state index in [0.29, 0.717) is 17.1 Å². The Morgan fingerprint density at radius 2 is 1.90 bits per heavy atom. The van der Waals surface area contributed by atoms with Gasteiger partial charge in [-0.3, -0.25) is 10.1 Å². The van der Waals surface area contributed by atoms with Crippen molar-refractivity contribution in [2.45, 2.75) is 6.61 Å². The molecule has 3 aromatic carbocycles. The minimum atomic E-state index is -1.06. The number of primary amides is 1. The Bertz CT molecular complexity index is 1230. The zero-order chi connectivity index (χ0) is 22.4. The van der Waals surface area contributed by atoms with Gasteiger partial charge in [0, 0.05) is 0 Å². The van der Waals surface area contributed by atoms with Gasteiger partial charge in [0.1, 0.15) is 18.2 Å². The van der Waals surface area contributed by atoms with Gasteiger partial charge in [-0.2, -0.15) is 5.26 Å². The highest BCUT2D eigenvalue weighted by atomic mass is 35.5. The predicted octanol–water partition coefficient (Wildman–Crippen LogP) is 4.18. The minimum Gasteiger partial charge on any atom is -0.493 e. The Kier molecular flexibility index (Phi) is 6.75. The number of hydrogen-bond donors (Lipinski definition) is 2. The maximum Gasteiger partial charge on any atom is 0.319 e. The number of carbonyl (C=O) groups is 2. The molecule has 0 aliphatic carbocycles. The SMILES string of the molecule is COc1cc(/C=C(/C#N)C(=O)NC(N)=O)cc(Cl)c1OCc1ccc2ccccc2c1. The molecular weight excluding hydrogens is 418 g/mol. The summed E-state index contributed by atoms with van der Waals surface area (Å²) in [5.74, 6) is -0.261. The second-order valence-electron chi connectivity index (χ2n) is 6.49. The molecule has 0 saturated heterocycles. The third kappa shape index (κ3) is 5.32. The molecule has 0 atom stereocenters. The number of carbonyl (C=O) groups excluding carboxylic acids is 2. The van der Waals surface area contributed by atoms with Crippen molar-refractivity contribution < 1.29 is 19.1 Å². The van der Waals surface area contributed by atoms with E-state index in [1.807, 2.05) is 47.8 Å². The number of urea groups is 1. The molecule has 3 aromatic rings. The van der Waals surface area contributed by atoms with Crippen molar-refractivity contribution >= 4 is 40.4 Å². The number of imide groups is 1. The van der Waals surface area contributed by atoms with Crippen LogP contribution in [0.1, 0.15) is 11.1 Å². The molecule has 3 N–H and O–H groups in total. The summed E-state index contributed by atoms with van der Waals surface area (Å²) in [6.45, 7) is 0.264. The van der Waals surface area contributed by atoms with E-state index in [0.717, 1.165) is 16.3 Å². The van der Waals surface area contributed by atoms with Gasteiger partial charge in [-0.1, -0.05) is 48.0 Å². The largest absolute Gasteiger partial charge is 0.493 e. The molecule has 0 saturated carbocycles. The van der Waals surface area contributed by atoms with Crippen LogP contribution >= 0.6 is 11.6 Å². The van der Waals surface area contributed by atoms with Gasteiger partial charge in [-0.25, -0.2) is 4.79 Å². The van der Waals surface area contributed by atoms with Gasteiger partial charge in [-0.05, 0) is 46.2 Å². The Morgan fingerprint density at radius 3 is 2.58 bits per heavy atom. The van der Waals surface area contributed by atoms with Crippen LogP contribution in [0, 0.1) is 11.3 Å². The summed E-state index contributed by atoms with van der Waals surface area (Å²) in [6.07, 6.45) is 1.26. The number of methoxy groups -OCH3 is 1. The maximum absolute atomic E-state index is 11.9. The van der Waals surface area contributed by atoms with Crippen LogP contribution in [-0.2, 0) is 11.4 Å². The number of hydrogen-bond acceptors (Lipinski definition) is 5. The standard InChI is InChI=1S/C23H18ClN3O4/c1-30-20-11-15(9-18(12-25)22(28)27-23(26)29)10-19(24)21(20)31-13-14-6-7-16-4-2-3-5-17(16)8-14/h2-11H,13H2,1H3,(H3,26,27,28,29)/b18-9-. The van der Waals surface area contributed by atoms with Crippen LogP contribution in [-0.4, -0.2) is 19.0 Å². The number of amides is 3. The average molecular weight is 436 g/mol. The van der Waals surface area contributed by atoms with Crippen LogP contribution in [0.2, 0.25) is 5.02 Å². The van der Waals surface area contributed by atoms with Gasteiger partial charge in [0.05, 0.1) is 12.1 Å². The van der Waals surface area contributed by atoms with Gasteiger partial charge in [0.25, 0.3) is 5.91 Å². The number of fused-ring (bicyclic) bond motifs is 1. The van der Waals surface area contributed by atoms with E-state index in [2.05, 4.69) is 0 Å². The van der Waals surface area contributed by atoms with E-state index >= 15 is 0 Å². The molecule has 0 unspecified atom stereocenters. The van der Waals surface area contributed by atoms with Crippen LogP contribution < -0.4 is 20.5 Å². The fourth-order valence-corrected chi connectivity index (χ4v) is 3.22. The molecule has 8 heteroatoms. The van der Waals surface area contributed by atoms with Crippen LogP contribution in [0.5, 0.6) is 11.5 Å². The number of nitriles is 1. The number of ether oxygens (including phenoxy) is 2. The number of rotatable bonds is 6. The first-order valence-corrected chi connectivity index (χ1v) is 9.49.